The summed E-state index contributed by atoms with van der Waals surface area (Å²) in [5, 5.41) is 71.0. The standard InChI is InChI=1S/C41H51ClN8O13/c1-50-20-31(55)46-27(13-22-17-43-26-14-23(42)11-12-25(22)26)38(59)45-19-30(54)44-18-24(51)15-29(53)47-33(34(57)28(52)10-6-9-21-7-4-3-5-8-21)35(58)39(60)48-37-36(63-2)40(61)49-41(37,62)16-32(50)56/h3-9,11-12,14,17,24,27-28,33-37,43,51-52,57-58,62H,10,13,15-16,18-20H2,1-2H3,(H,44,54)(H,45,59)(H,46,55)(H,47,53)(H,48,60)(H,49,61)/t24-,27-,28+,33-,34-,35+,36?,37-,41-/m1/s1. The Balaban J connectivity index is 1.40. The van der Waals surface area contributed by atoms with Gasteiger partial charge in [-0.3, -0.25) is 33.6 Å². The number of carbonyl (C=O) groups is 7. The minimum absolute atomic E-state index is 0.0964. The van der Waals surface area contributed by atoms with E-state index in [1.807, 2.05) is 0 Å². The lowest BCUT2D eigenvalue weighted by Crippen LogP contribution is -2.64. The number of halogens is 1. The summed E-state index contributed by atoms with van der Waals surface area (Å²) in [5.41, 5.74) is -0.620. The van der Waals surface area contributed by atoms with Crippen molar-refractivity contribution < 1.29 is 63.8 Å². The van der Waals surface area contributed by atoms with E-state index < -0.39 is 128 Å². The topological polar surface area (TPSA) is 321 Å². The number of hydrogen-bond acceptors (Lipinski definition) is 13. The first-order chi connectivity index (χ1) is 29.9. The number of likely N-dealkylation sites (N-methyl/N-ethyl adjacent to an activating group) is 1. The summed E-state index contributed by atoms with van der Waals surface area (Å²) in [6, 6.07) is 8.79. The lowest BCUT2D eigenvalue weighted by atomic mass is 9.95. The number of carbonyl (C=O) groups excluding carboxylic acids is 7. The summed E-state index contributed by atoms with van der Waals surface area (Å²) in [7, 11) is 2.26. The summed E-state index contributed by atoms with van der Waals surface area (Å²) in [4.78, 5) is 97.1. The van der Waals surface area contributed by atoms with Crippen molar-refractivity contribution in [1.29, 1.82) is 0 Å². The van der Waals surface area contributed by atoms with Gasteiger partial charge in [0.05, 0.1) is 44.2 Å². The van der Waals surface area contributed by atoms with Crippen molar-refractivity contribution in [2.45, 2.75) is 80.1 Å². The second-order valence-corrected chi connectivity index (χ2v) is 15.8. The van der Waals surface area contributed by atoms with Crippen LogP contribution >= 0.6 is 11.6 Å². The number of fused-ring (bicyclic) bond motifs is 2. The molecular weight excluding hydrogens is 848 g/mol. The van der Waals surface area contributed by atoms with Gasteiger partial charge < -0.3 is 72.1 Å². The molecule has 9 atom stereocenters. The highest BCUT2D eigenvalue weighted by molar-refractivity contribution is 6.31. The second kappa shape index (κ2) is 21.4. The monoisotopic (exact) mass is 898 g/mol. The van der Waals surface area contributed by atoms with Crippen LogP contribution < -0.4 is 31.9 Å². The van der Waals surface area contributed by atoms with E-state index in [0.717, 1.165) is 17.6 Å². The highest BCUT2D eigenvalue weighted by Crippen LogP contribution is 2.26. The van der Waals surface area contributed by atoms with Crippen molar-refractivity contribution >= 4 is 69.9 Å². The average molecular weight is 899 g/mol. The van der Waals surface area contributed by atoms with E-state index in [1.165, 1.54) is 13.1 Å². The fraction of sp³-hybridized carbons (Fsp3) is 0.439. The molecule has 2 aliphatic heterocycles. The molecule has 12 N–H and O–H groups in total. The molecule has 0 bridgehead atoms. The summed E-state index contributed by atoms with van der Waals surface area (Å²) in [5.74, 6) is -6.82. The summed E-state index contributed by atoms with van der Waals surface area (Å²) < 4.78 is 5.21. The van der Waals surface area contributed by atoms with E-state index in [4.69, 9.17) is 16.3 Å². The van der Waals surface area contributed by atoms with Crippen LogP contribution in [0.4, 0.5) is 0 Å². The molecule has 1 unspecified atom stereocenters. The summed E-state index contributed by atoms with van der Waals surface area (Å²) in [6.07, 6.45) is -6.72. The van der Waals surface area contributed by atoms with E-state index in [2.05, 4.69) is 36.9 Å². The third kappa shape index (κ3) is 12.6. The Hall–Kier alpha value is -5.94. The molecule has 2 aromatic carbocycles. The van der Waals surface area contributed by atoms with Crippen molar-refractivity contribution in [3.05, 3.63) is 77.0 Å². The Labute approximate surface area is 365 Å². The first-order valence-corrected chi connectivity index (χ1v) is 20.2. The van der Waals surface area contributed by atoms with E-state index in [1.54, 1.807) is 60.8 Å². The average Bonchev–Trinajstić information content (AvgIpc) is 3.74. The van der Waals surface area contributed by atoms with Crippen LogP contribution in [0.15, 0.2) is 60.8 Å². The quantitative estimate of drug-likeness (QED) is 0.106. The lowest BCUT2D eigenvalue weighted by Gasteiger charge is -2.34. The summed E-state index contributed by atoms with van der Waals surface area (Å²) in [6.45, 7) is -1.84. The molecule has 1 aromatic heterocycles. The highest BCUT2D eigenvalue weighted by Gasteiger charge is 2.55. The first-order valence-electron chi connectivity index (χ1n) is 19.8. The predicted octanol–water partition coefficient (Wildman–Crippen LogP) is -3.32. The number of hydrogen-bond donors (Lipinski definition) is 12. The molecule has 2 aliphatic rings. The number of amides is 7. The fourth-order valence-electron chi connectivity index (χ4n) is 7.18. The fourth-order valence-corrected chi connectivity index (χ4v) is 7.35. The van der Waals surface area contributed by atoms with E-state index >= 15 is 0 Å². The molecule has 21 nitrogen and oxygen atoms in total. The number of aromatic amines is 1. The smallest absolute Gasteiger partial charge is 0.253 e. The third-order valence-corrected chi connectivity index (χ3v) is 10.8. The van der Waals surface area contributed by atoms with E-state index in [9.17, 15) is 59.1 Å². The number of H-pyrrole nitrogens is 1. The van der Waals surface area contributed by atoms with Gasteiger partial charge in [0.15, 0.2) is 17.9 Å². The number of nitrogens with zero attached hydrogens (tertiary/aromatic N) is 1. The van der Waals surface area contributed by atoms with Crippen LogP contribution in [0.5, 0.6) is 0 Å². The molecule has 0 aliphatic carbocycles. The molecule has 3 heterocycles. The van der Waals surface area contributed by atoms with Gasteiger partial charge >= 0.3 is 0 Å². The van der Waals surface area contributed by atoms with Gasteiger partial charge in [0.2, 0.25) is 29.5 Å². The zero-order valence-electron chi connectivity index (χ0n) is 34.2. The van der Waals surface area contributed by atoms with Gasteiger partial charge in [0.25, 0.3) is 11.8 Å². The van der Waals surface area contributed by atoms with Crippen LogP contribution in [-0.4, -0.2) is 165 Å². The number of methoxy groups -OCH3 is 1. The predicted molar refractivity (Wildman–Crippen MR) is 224 cm³/mol. The number of β-amino-alcohol motifs (C(OH)–C–C–N with tert-alkyl or cyclic N) is 1. The van der Waals surface area contributed by atoms with Crippen molar-refractivity contribution in [3.8, 4) is 0 Å². The Bertz CT molecular complexity index is 2190. The molecule has 0 radical (unpaired) electrons. The normalized spacial score (nSPS) is 27.4. The highest BCUT2D eigenvalue weighted by atomic mass is 35.5. The number of ether oxygens (including phenoxy) is 1. The molecule has 2 fully saturated rings. The van der Waals surface area contributed by atoms with Crippen LogP contribution in [0.2, 0.25) is 5.02 Å². The third-order valence-electron chi connectivity index (χ3n) is 10.6. The summed E-state index contributed by atoms with van der Waals surface area (Å²) >= 11 is 6.12. The molecule has 0 spiro atoms. The van der Waals surface area contributed by atoms with Crippen LogP contribution in [0, 0.1) is 0 Å². The van der Waals surface area contributed by atoms with Gasteiger partial charge in [-0.15, -0.1) is 0 Å². The number of benzene rings is 2. The van der Waals surface area contributed by atoms with Gasteiger partial charge in [-0.05, 0) is 29.7 Å². The van der Waals surface area contributed by atoms with E-state index in [-0.39, 0.29) is 12.8 Å². The van der Waals surface area contributed by atoms with E-state index in [0.29, 0.717) is 21.5 Å². The maximum Gasteiger partial charge on any atom is 0.253 e. The zero-order valence-corrected chi connectivity index (χ0v) is 35.0. The lowest BCUT2D eigenvalue weighted by molar-refractivity contribution is -0.146. The first kappa shape index (κ1) is 48.1. The zero-order chi connectivity index (χ0) is 46.0. The molecule has 2 saturated heterocycles. The minimum Gasteiger partial charge on any atom is -0.391 e. The van der Waals surface area contributed by atoms with Crippen molar-refractivity contribution in [2.75, 3.05) is 33.8 Å². The molecule has 63 heavy (non-hydrogen) atoms. The molecule has 22 heteroatoms. The molecular formula is C41H51ClN8O13. The number of aromatic nitrogens is 1. The number of rotatable bonds is 8. The van der Waals surface area contributed by atoms with Crippen LogP contribution in [0.1, 0.15) is 30.4 Å². The van der Waals surface area contributed by atoms with Crippen molar-refractivity contribution in [2.24, 2.45) is 0 Å². The van der Waals surface area contributed by atoms with Gasteiger partial charge in [-0.25, -0.2) is 0 Å². The molecule has 340 valence electrons. The Kier molecular flexibility index (Phi) is 16.4. The van der Waals surface area contributed by atoms with Gasteiger partial charge in [0.1, 0.15) is 18.2 Å². The van der Waals surface area contributed by atoms with Crippen LogP contribution in [-0.2, 0) is 44.7 Å². The molecule has 7 amide bonds. The molecule has 3 aromatic rings. The van der Waals surface area contributed by atoms with Crippen LogP contribution in [0.3, 0.4) is 0 Å². The Morgan fingerprint density at radius 1 is 0.921 bits per heavy atom. The molecule has 0 saturated carbocycles. The van der Waals surface area contributed by atoms with Crippen molar-refractivity contribution in [1.82, 2.24) is 41.8 Å². The van der Waals surface area contributed by atoms with Crippen LogP contribution in [0.25, 0.3) is 17.0 Å². The number of aliphatic hydroxyl groups is 5. The molecule has 5 rings (SSSR count). The Morgan fingerprint density at radius 2 is 1.65 bits per heavy atom. The second-order valence-electron chi connectivity index (χ2n) is 15.3. The van der Waals surface area contributed by atoms with Gasteiger partial charge in [-0.1, -0.05) is 60.2 Å². The maximum absolute atomic E-state index is 13.7. The Morgan fingerprint density at radius 3 is 2.37 bits per heavy atom. The maximum atomic E-state index is 13.7. The minimum atomic E-state index is -2.60. The number of aliphatic hydroxyl groups excluding tert-OH is 4. The van der Waals surface area contributed by atoms with Gasteiger partial charge in [-0.2, -0.15) is 0 Å². The largest absolute Gasteiger partial charge is 0.391 e. The van der Waals surface area contributed by atoms with Crippen molar-refractivity contribution in [3.63, 3.8) is 0 Å². The van der Waals surface area contributed by atoms with Gasteiger partial charge in [0, 0.05) is 49.2 Å². The number of nitrogens with one attached hydrogen (secondary N) is 7. The SMILES string of the molecule is COC1C(=O)N[C@@]2(O)CC(=O)N(C)CC(=O)N[C@H](Cc3c[nH]c4cc(Cl)ccc34)C(=O)NCC(=O)NC[C@H](O)CC(=O)N[C@H]([C@H](O)[C@@H](O)CC=Cc3ccccc3)[C@H](O)C(=O)N[C@H]12.